The van der Waals surface area contributed by atoms with Gasteiger partial charge in [0.15, 0.2) is 5.13 Å². The molecule has 1 aromatic carbocycles. The standard InChI is InChI=1S/C16H18FN3O3S2/c1-11-10-24-16(18-11)19-15(21)12-3-2-8-20(9-12)25(22,23)14-6-4-13(17)5-7-14/h4-7,10,12H,2-3,8-9H2,1H3,(H,18,19,21)/t12-/m0/s1. The van der Waals surface area contributed by atoms with E-state index < -0.39 is 21.8 Å². The first-order chi connectivity index (χ1) is 11.9. The number of aromatic nitrogens is 1. The van der Waals surface area contributed by atoms with Crippen LogP contribution in [0.1, 0.15) is 18.5 Å². The number of halogens is 1. The largest absolute Gasteiger partial charge is 0.302 e. The van der Waals surface area contributed by atoms with Crippen LogP contribution in [0.25, 0.3) is 0 Å². The summed E-state index contributed by atoms with van der Waals surface area (Å²) in [5.41, 5.74) is 0.824. The maximum atomic E-state index is 13.0. The molecule has 2 aromatic rings. The summed E-state index contributed by atoms with van der Waals surface area (Å²) in [4.78, 5) is 16.6. The highest BCUT2D eigenvalue weighted by Crippen LogP contribution is 2.25. The van der Waals surface area contributed by atoms with E-state index in [-0.39, 0.29) is 17.3 Å². The van der Waals surface area contributed by atoms with E-state index in [4.69, 9.17) is 0 Å². The van der Waals surface area contributed by atoms with Crippen molar-refractivity contribution in [1.29, 1.82) is 0 Å². The Bertz CT molecular complexity index is 865. The van der Waals surface area contributed by atoms with Gasteiger partial charge in [0.2, 0.25) is 15.9 Å². The molecule has 1 aliphatic rings. The molecule has 6 nitrogen and oxygen atoms in total. The molecule has 1 amide bonds. The third-order valence-corrected chi connectivity index (χ3v) is 6.81. The minimum Gasteiger partial charge on any atom is -0.302 e. The number of piperidine rings is 1. The van der Waals surface area contributed by atoms with Gasteiger partial charge in [-0.25, -0.2) is 17.8 Å². The Labute approximate surface area is 149 Å². The molecule has 1 aliphatic heterocycles. The summed E-state index contributed by atoms with van der Waals surface area (Å²) in [7, 11) is -3.74. The monoisotopic (exact) mass is 383 g/mol. The van der Waals surface area contributed by atoms with E-state index in [0.717, 1.165) is 17.8 Å². The number of thiazole rings is 1. The van der Waals surface area contributed by atoms with E-state index in [2.05, 4.69) is 10.3 Å². The number of benzene rings is 1. The Morgan fingerprint density at radius 2 is 2.08 bits per heavy atom. The van der Waals surface area contributed by atoms with Crippen molar-refractivity contribution in [2.45, 2.75) is 24.7 Å². The van der Waals surface area contributed by atoms with E-state index >= 15 is 0 Å². The lowest BCUT2D eigenvalue weighted by molar-refractivity contribution is -0.120. The third-order valence-electron chi connectivity index (χ3n) is 4.06. The van der Waals surface area contributed by atoms with Gasteiger partial charge in [-0.15, -0.1) is 11.3 Å². The summed E-state index contributed by atoms with van der Waals surface area (Å²) < 4.78 is 39.7. The normalized spacial score (nSPS) is 18.9. The van der Waals surface area contributed by atoms with Crippen LogP contribution in [0.2, 0.25) is 0 Å². The molecule has 1 atom stereocenters. The zero-order valence-corrected chi connectivity index (χ0v) is 15.2. The van der Waals surface area contributed by atoms with Gasteiger partial charge in [-0.2, -0.15) is 4.31 Å². The van der Waals surface area contributed by atoms with Crippen LogP contribution in [0.4, 0.5) is 9.52 Å². The summed E-state index contributed by atoms with van der Waals surface area (Å²) in [6, 6.07) is 4.72. The van der Waals surface area contributed by atoms with Crippen LogP contribution in [0.15, 0.2) is 34.5 Å². The van der Waals surface area contributed by atoms with Gasteiger partial charge < -0.3 is 5.32 Å². The third kappa shape index (κ3) is 4.05. The van der Waals surface area contributed by atoms with Crippen molar-refractivity contribution in [2.24, 2.45) is 5.92 Å². The van der Waals surface area contributed by atoms with Gasteiger partial charge in [0.25, 0.3) is 0 Å². The number of rotatable bonds is 4. The topological polar surface area (TPSA) is 79.4 Å². The molecule has 2 heterocycles. The number of sulfonamides is 1. The molecule has 0 unspecified atom stereocenters. The molecule has 1 fully saturated rings. The van der Waals surface area contributed by atoms with Gasteiger partial charge in [0.05, 0.1) is 16.5 Å². The van der Waals surface area contributed by atoms with E-state index in [1.54, 1.807) is 0 Å². The van der Waals surface area contributed by atoms with Gasteiger partial charge >= 0.3 is 0 Å². The molecule has 1 N–H and O–H groups in total. The average molecular weight is 383 g/mol. The quantitative estimate of drug-likeness (QED) is 0.880. The second-order valence-electron chi connectivity index (χ2n) is 5.94. The smallest absolute Gasteiger partial charge is 0.243 e. The number of carbonyl (C=O) groups is 1. The fourth-order valence-electron chi connectivity index (χ4n) is 2.75. The molecule has 25 heavy (non-hydrogen) atoms. The molecule has 134 valence electrons. The summed E-state index contributed by atoms with van der Waals surface area (Å²) in [6.45, 7) is 2.29. The molecule has 3 rings (SSSR count). The van der Waals surface area contributed by atoms with Gasteiger partial charge in [0.1, 0.15) is 5.82 Å². The lowest BCUT2D eigenvalue weighted by Gasteiger charge is -2.31. The SMILES string of the molecule is Cc1csc(NC(=O)[C@H]2CCCN(S(=O)(=O)c3ccc(F)cc3)C2)n1. The highest BCUT2D eigenvalue weighted by molar-refractivity contribution is 7.89. The van der Waals surface area contributed by atoms with Crippen molar-refractivity contribution < 1.29 is 17.6 Å². The van der Waals surface area contributed by atoms with Crippen molar-refractivity contribution in [1.82, 2.24) is 9.29 Å². The maximum Gasteiger partial charge on any atom is 0.243 e. The van der Waals surface area contributed by atoms with Gasteiger partial charge in [-0.3, -0.25) is 4.79 Å². The predicted molar refractivity (Wildman–Crippen MR) is 93.4 cm³/mol. The van der Waals surface area contributed by atoms with E-state index in [9.17, 15) is 17.6 Å². The number of hydrogen-bond acceptors (Lipinski definition) is 5. The highest BCUT2D eigenvalue weighted by Gasteiger charge is 2.33. The molecule has 1 aromatic heterocycles. The molecule has 1 saturated heterocycles. The molecule has 0 saturated carbocycles. The predicted octanol–water partition coefficient (Wildman–Crippen LogP) is 2.63. The van der Waals surface area contributed by atoms with Crippen LogP contribution in [0.5, 0.6) is 0 Å². The number of carbonyl (C=O) groups excluding carboxylic acids is 1. The average Bonchev–Trinajstić information content (AvgIpc) is 3.00. The van der Waals surface area contributed by atoms with Gasteiger partial charge in [-0.05, 0) is 44.0 Å². The summed E-state index contributed by atoms with van der Waals surface area (Å²) in [5, 5.41) is 5.10. The molecule has 0 radical (unpaired) electrons. The van der Waals surface area contributed by atoms with Gasteiger partial charge in [0, 0.05) is 18.5 Å². The zero-order chi connectivity index (χ0) is 18.0. The number of aryl methyl sites for hydroxylation is 1. The number of anilines is 1. The lowest BCUT2D eigenvalue weighted by Crippen LogP contribution is -2.43. The molecule has 0 bridgehead atoms. The van der Waals surface area contributed by atoms with Crippen molar-refractivity contribution in [2.75, 3.05) is 18.4 Å². The molecule has 0 spiro atoms. The second-order valence-corrected chi connectivity index (χ2v) is 8.74. The van der Waals surface area contributed by atoms with Gasteiger partial charge in [-0.1, -0.05) is 0 Å². The molecular formula is C16H18FN3O3S2. The fraction of sp³-hybridized carbons (Fsp3) is 0.375. The van der Waals surface area contributed by atoms with Crippen LogP contribution >= 0.6 is 11.3 Å². The number of hydrogen-bond donors (Lipinski definition) is 1. The maximum absolute atomic E-state index is 13.0. The Morgan fingerprint density at radius 3 is 2.72 bits per heavy atom. The number of nitrogens with one attached hydrogen (secondary N) is 1. The summed E-state index contributed by atoms with van der Waals surface area (Å²) >= 11 is 1.34. The Kier molecular flexibility index (Phi) is 5.16. The fourth-order valence-corrected chi connectivity index (χ4v) is 4.96. The van der Waals surface area contributed by atoms with E-state index in [0.29, 0.717) is 24.5 Å². The Morgan fingerprint density at radius 1 is 1.36 bits per heavy atom. The van der Waals surface area contributed by atoms with Crippen molar-refractivity contribution in [3.63, 3.8) is 0 Å². The van der Waals surface area contributed by atoms with Crippen LogP contribution in [0, 0.1) is 18.7 Å². The van der Waals surface area contributed by atoms with E-state index in [1.165, 1.54) is 27.8 Å². The first kappa shape index (κ1) is 18.0. The number of amides is 1. The van der Waals surface area contributed by atoms with Crippen LogP contribution in [-0.2, 0) is 14.8 Å². The van der Waals surface area contributed by atoms with Crippen molar-refractivity contribution >= 4 is 32.4 Å². The van der Waals surface area contributed by atoms with Crippen LogP contribution in [0.3, 0.4) is 0 Å². The first-order valence-corrected chi connectivity index (χ1v) is 10.2. The van der Waals surface area contributed by atoms with Crippen LogP contribution in [-0.4, -0.2) is 36.7 Å². The highest BCUT2D eigenvalue weighted by atomic mass is 32.2. The Hall–Kier alpha value is -1.84. The molecule has 9 heteroatoms. The van der Waals surface area contributed by atoms with Crippen molar-refractivity contribution in [3.8, 4) is 0 Å². The Balaban J connectivity index is 1.71. The molecular weight excluding hydrogens is 365 g/mol. The lowest BCUT2D eigenvalue weighted by atomic mass is 9.99. The molecule has 0 aliphatic carbocycles. The zero-order valence-electron chi connectivity index (χ0n) is 13.6. The first-order valence-electron chi connectivity index (χ1n) is 7.85. The minimum absolute atomic E-state index is 0.0329. The minimum atomic E-state index is -3.74. The van der Waals surface area contributed by atoms with Crippen molar-refractivity contribution in [3.05, 3.63) is 41.2 Å². The number of nitrogens with zero attached hydrogens (tertiary/aromatic N) is 2. The van der Waals surface area contributed by atoms with E-state index in [1.807, 2.05) is 12.3 Å². The second kappa shape index (κ2) is 7.19. The van der Waals surface area contributed by atoms with Crippen LogP contribution < -0.4 is 5.32 Å². The summed E-state index contributed by atoms with van der Waals surface area (Å²) in [5.74, 6) is -1.16. The summed E-state index contributed by atoms with van der Waals surface area (Å²) in [6.07, 6.45) is 1.21.